The number of rotatable bonds is 7. The standard InChI is InChI=1S/C21H29Cl2N3O4S/c22-18-14-19(23)20(31(28,29)24-16-1-2-16)13-17(18)21(27)26-7-4-15(5-8-26)3-6-25-9-11-30-12-10-25/h13-16,24H,1-12H2. The van der Waals surface area contributed by atoms with Crippen LogP contribution in [0, 0.1) is 5.92 Å². The number of benzene rings is 1. The summed E-state index contributed by atoms with van der Waals surface area (Å²) >= 11 is 12.4. The number of morpholine rings is 1. The van der Waals surface area contributed by atoms with Gasteiger partial charge in [-0.25, -0.2) is 13.1 Å². The van der Waals surface area contributed by atoms with Crippen molar-refractivity contribution in [2.45, 2.75) is 43.0 Å². The summed E-state index contributed by atoms with van der Waals surface area (Å²) < 4.78 is 33.3. The van der Waals surface area contributed by atoms with E-state index >= 15 is 0 Å². The van der Waals surface area contributed by atoms with E-state index in [4.69, 9.17) is 27.9 Å². The lowest BCUT2D eigenvalue weighted by molar-refractivity contribution is 0.0332. The predicted octanol–water partition coefficient (Wildman–Crippen LogP) is 3.01. The molecule has 0 spiro atoms. The minimum atomic E-state index is -3.78. The zero-order valence-electron chi connectivity index (χ0n) is 17.5. The van der Waals surface area contributed by atoms with E-state index in [0.29, 0.717) is 19.0 Å². The topological polar surface area (TPSA) is 79.0 Å². The number of nitrogens with zero attached hydrogens (tertiary/aromatic N) is 2. The van der Waals surface area contributed by atoms with Gasteiger partial charge in [-0.3, -0.25) is 9.69 Å². The molecule has 3 fully saturated rings. The van der Waals surface area contributed by atoms with E-state index in [1.54, 1.807) is 4.90 Å². The van der Waals surface area contributed by atoms with E-state index in [9.17, 15) is 13.2 Å². The number of nitrogens with one attached hydrogen (secondary N) is 1. The van der Waals surface area contributed by atoms with Crippen molar-refractivity contribution in [1.82, 2.24) is 14.5 Å². The molecule has 1 aliphatic carbocycles. The molecule has 0 atom stereocenters. The summed E-state index contributed by atoms with van der Waals surface area (Å²) in [4.78, 5) is 17.2. The summed E-state index contributed by atoms with van der Waals surface area (Å²) in [6, 6.07) is 2.63. The molecule has 1 amide bonds. The van der Waals surface area contributed by atoms with Crippen LogP contribution in [0.25, 0.3) is 0 Å². The first-order valence-corrected chi connectivity index (χ1v) is 13.2. The lowest BCUT2D eigenvalue weighted by Gasteiger charge is -2.34. The molecule has 1 N–H and O–H groups in total. The quantitative estimate of drug-likeness (QED) is 0.636. The Bertz CT molecular complexity index is 909. The van der Waals surface area contributed by atoms with Crippen LogP contribution in [0.4, 0.5) is 0 Å². The average molecular weight is 490 g/mol. The van der Waals surface area contributed by atoms with E-state index in [2.05, 4.69) is 9.62 Å². The second-order valence-corrected chi connectivity index (χ2v) is 11.1. The van der Waals surface area contributed by atoms with Crippen LogP contribution in [0.1, 0.15) is 42.5 Å². The van der Waals surface area contributed by atoms with Gasteiger partial charge in [-0.2, -0.15) is 0 Å². The molecule has 3 aliphatic rings. The molecule has 0 aromatic heterocycles. The lowest BCUT2D eigenvalue weighted by atomic mass is 9.93. The Hall–Kier alpha value is -0.900. The molecule has 0 bridgehead atoms. The van der Waals surface area contributed by atoms with E-state index in [1.165, 1.54) is 12.1 Å². The van der Waals surface area contributed by atoms with Crippen LogP contribution in [0.15, 0.2) is 17.0 Å². The Labute approximate surface area is 194 Å². The van der Waals surface area contributed by atoms with Crippen molar-refractivity contribution in [1.29, 1.82) is 0 Å². The number of amides is 1. The van der Waals surface area contributed by atoms with Crippen LogP contribution in [0.2, 0.25) is 10.0 Å². The van der Waals surface area contributed by atoms with Crippen LogP contribution < -0.4 is 4.72 Å². The van der Waals surface area contributed by atoms with E-state index in [1.807, 2.05) is 0 Å². The van der Waals surface area contributed by atoms with Crippen molar-refractivity contribution >= 4 is 39.1 Å². The van der Waals surface area contributed by atoms with Gasteiger partial charge in [0.05, 0.1) is 28.8 Å². The van der Waals surface area contributed by atoms with Crippen LogP contribution in [0.3, 0.4) is 0 Å². The van der Waals surface area contributed by atoms with Gasteiger partial charge in [0.1, 0.15) is 4.90 Å². The number of likely N-dealkylation sites (tertiary alicyclic amines) is 1. The second kappa shape index (κ2) is 9.93. The largest absolute Gasteiger partial charge is 0.379 e. The third-order valence-electron chi connectivity index (χ3n) is 6.30. The molecule has 10 heteroatoms. The fraction of sp³-hybridized carbons (Fsp3) is 0.667. The normalized spacial score (nSPS) is 21.4. The molecule has 0 unspecified atom stereocenters. The molecule has 1 aromatic carbocycles. The number of halogens is 2. The number of hydrogen-bond acceptors (Lipinski definition) is 5. The number of hydrogen-bond donors (Lipinski definition) is 1. The van der Waals surface area contributed by atoms with Gasteiger partial charge < -0.3 is 9.64 Å². The SMILES string of the molecule is O=C(c1cc(S(=O)(=O)NC2CC2)c(Cl)cc1Cl)N1CCC(CCN2CCOCC2)CC1. The molecule has 1 aromatic rings. The molecule has 172 valence electrons. The maximum Gasteiger partial charge on any atom is 0.255 e. The van der Waals surface area contributed by atoms with E-state index in [0.717, 1.165) is 65.0 Å². The Kier molecular flexibility index (Phi) is 7.45. The van der Waals surface area contributed by atoms with Crippen LogP contribution in [-0.4, -0.2) is 76.1 Å². The zero-order chi connectivity index (χ0) is 22.0. The first-order valence-electron chi connectivity index (χ1n) is 10.9. The Balaban J connectivity index is 1.37. The van der Waals surface area contributed by atoms with Crippen LogP contribution >= 0.6 is 23.2 Å². The summed E-state index contributed by atoms with van der Waals surface area (Å²) in [5.41, 5.74) is 0.189. The third-order valence-corrected chi connectivity index (χ3v) is 8.60. The predicted molar refractivity (Wildman–Crippen MR) is 120 cm³/mol. The Morgan fingerprint density at radius 1 is 1.03 bits per heavy atom. The number of carbonyl (C=O) groups excluding carboxylic acids is 1. The van der Waals surface area contributed by atoms with Gasteiger partial charge in [-0.15, -0.1) is 0 Å². The highest BCUT2D eigenvalue weighted by molar-refractivity contribution is 7.89. The number of sulfonamides is 1. The third kappa shape index (κ3) is 5.92. The number of carbonyl (C=O) groups is 1. The highest BCUT2D eigenvalue weighted by atomic mass is 35.5. The van der Waals surface area contributed by atoms with Crippen molar-refractivity contribution in [3.8, 4) is 0 Å². The molecular weight excluding hydrogens is 461 g/mol. The fourth-order valence-corrected chi connectivity index (χ4v) is 6.33. The maximum atomic E-state index is 13.1. The van der Waals surface area contributed by atoms with Gasteiger partial charge in [-0.05, 0) is 56.7 Å². The monoisotopic (exact) mass is 489 g/mol. The van der Waals surface area contributed by atoms with Crippen molar-refractivity contribution in [2.75, 3.05) is 45.9 Å². The van der Waals surface area contributed by atoms with Crippen LogP contribution in [0.5, 0.6) is 0 Å². The average Bonchev–Trinajstić information content (AvgIpc) is 3.56. The fourth-order valence-electron chi connectivity index (χ4n) is 4.17. The molecule has 2 aliphatic heterocycles. The summed E-state index contributed by atoms with van der Waals surface area (Å²) in [5.74, 6) is 0.349. The molecule has 2 saturated heterocycles. The maximum absolute atomic E-state index is 13.1. The van der Waals surface area contributed by atoms with Crippen molar-refractivity contribution in [2.24, 2.45) is 5.92 Å². The number of piperidine rings is 1. The van der Waals surface area contributed by atoms with Crippen molar-refractivity contribution in [3.63, 3.8) is 0 Å². The molecule has 2 heterocycles. The Morgan fingerprint density at radius 3 is 2.35 bits per heavy atom. The summed E-state index contributed by atoms with van der Waals surface area (Å²) in [5, 5.41) is 0.200. The van der Waals surface area contributed by atoms with Gasteiger partial charge >= 0.3 is 0 Å². The molecule has 31 heavy (non-hydrogen) atoms. The van der Waals surface area contributed by atoms with Gasteiger partial charge in [-0.1, -0.05) is 23.2 Å². The summed E-state index contributed by atoms with van der Waals surface area (Å²) in [7, 11) is -3.78. The molecule has 4 rings (SSSR count). The van der Waals surface area contributed by atoms with Gasteiger partial charge in [0, 0.05) is 32.2 Å². The highest BCUT2D eigenvalue weighted by Crippen LogP contribution is 2.32. The van der Waals surface area contributed by atoms with Crippen LogP contribution in [-0.2, 0) is 14.8 Å². The first kappa shape index (κ1) is 23.3. The second-order valence-electron chi connectivity index (χ2n) is 8.64. The first-order chi connectivity index (χ1) is 14.8. The number of ether oxygens (including phenoxy) is 1. The smallest absolute Gasteiger partial charge is 0.255 e. The minimum Gasteiger partial charge on any atom is -0.379 e. The molecule has 7 nitrogen and oxygen atoms in total. The molecule has 0 radical (unpaired) electrons. The lowest BCUT2D eigenvalue weighted by Crippen LogP contribution is -2.41. The van der Waals surface area contributed by atoms with Crippen molar-refractivity contribution < 1.29 is 17.9 Å². The van der Waals surface area contributed by atoms with Crippen molar-refractivity contribution in [3.05, 3.63) is 27.7 Å². The highest BCUT2D eigenvalue weighted by Gasteiger charge is 2.31. The summed E-state index contributed by atoms with van der Waals surface area (Å²) in [6.45, 7) is 5.97. The summed E-state index contributed by atoms with van der Waals surface area (Å²) in [6.07, 6.45) is 4.64. The Morgan fingerprint density at radius 2 is 1.71 bits per heavy atom. The molecular formula is C21H29Cl2N3O4S. The van der Waals surface area contributed by atoms with Gasteiger partial charge in [0.25, 0.3) is 5.91 Å². The minimum absolute atomic E-state index is 0.0246. The van der Waals surface area contributed by atoms with Gasteiger partial charge in [0.15, 0.2) is 0 Å². The van der Waals surface area contributed by atoms with E-state index in [-0.39, 0.29) is 32.5 Å². The molecule has 1 saturated carbocycles. The van der Waals surface area contributed by atoms with E-state index < -0.39 is 10.0 Å². The zero-order valence-corrected chi connectivity index (χ0v) is 19.8. The van der Waals surface area contributed by atoms with Gasteiger partial charge in [0.2, 0.25) is 10.0 Å².